The molecule has 0 aromatic rings. The van der Waals surface area contributed by atoms with Crippen LogP contribution in [-0.4, -0.2) is 25.5 Å². The van der Waals surface area contributed by atoms with E-state index in [0.717, 1.165) is 13.0 Å². The molecule has 4 heteroatoms. The number of esters is 1. The van der Waals surface area contributed by atoms with Crippen molar-refractivity contribution in [3.63, 3.8) is 0 Å². The standard InChI is InChI=1S/C9H15NO3/c1-6(5-8(11)13-2)7-3-4-10-9(7)12/h6-7H,3-5H2,1-2H3,(H,10,12). The molecule has 1 fully saturated rings. The van der Waals surface area contributed by atoms with Crippen molar-refractivity contribution in [1.29, 1.82) is 0 Å². The number of hydrogen-bond acceptors (Lipinski definition) is 3. The number of hydrogen-bond donors (Lipinski definition) is 1. The second kappa shape index (κ2) is 4.25. The lowest BCUT2D eigenvalue weighted by Gasteiger charge is -2.14. The van der Waals surface area contributed by atoms with Crippen LogP contribution in [0.5, 0.6) is 0 Å². The first-order valence-electron chi connectivity index (χ1n) is 4.49. The van der Waals surface area contributed by atoms with Crippen molar-refractivity contribution >= 4 is 11.9 Å². The number of carbonyl (C=O) groups is 2. The van der Waals surface area contributed by atoms with Crippen LogP contribution in [0.3, 0.4) is 0 Å². The van der Waals surface area contributed by atoms with Crippen LogP contribution in [0.2, 0.25) is 0 Å². The zero-order valence-electron chi connectivity index (χ0n) is 8.00. The summed E-state index contributed by atoms with van der Waals surface area (Å²) in [7, 11) is 1.36. The minimum atomic E-state index is -0.243. The summed E-state index contributed by atoms with van der Waals surface area (Å²) < 4.78 is 4.55. The van der Waals surface area contributed by atoms with Gasteiger partial charge in [0.05, 0.1) is 7.11 Å². The van der Waals surface area contributed by atoms with Crippen LogP contribution in [-0.2, 0) is 14.3 Å². The summed E-state index contributed by atoms with van der Waals surface area (Å²) in [5.74, 6) is -0.113. The van der Waals surface area contributed by atoms with Crippen molar-refractivity contribution in [2.75, 3.05) is 13.7 Å². The summed E-state index contributed by atoms with van der Waals surface area (Å²) in [5, 5.41) is 2.75. The minimum Gasteiger partial charge on any atom is -0.469 e. The Hall–Kier alpha value is -1.06. The molecule has 0 aliphatic carbocycles. The van der Waals surface area contributed by atoms with Crippen LogP contribution in [0.15, 0.2) is 0 Å². The van der Waals surface area contributed by atoms with Crippen molar-refractivity contribution in [3.05, 3.63) is 0 Å². The van der Waals surface area contributed by atoms with Crippen molar-refractivity contribution < 1.29 is 14.3 Å². The number of rotatable bonds is 3. The van der Waals surface area contributed by atoms with Gasteiger partial charge in [-0.15, -0.1) is 0 Å². The topological polar surface area (TPSA) is 55.4 Å². The lowest BCUT2D eigenvalue weighted by atomic mass is 9.90. The minimum absolute atomic E-state index is 0.0147. The van der Waals surface area contributed by atoms with E-state index in [1.54, 1.807) is 0 Å². The number of methoxy groups -OCH3 is 1. The molecule has 4 nitrogen and oxygen atoms in total. The molecule has 1 aliphatic rings. The van der Waals surface area contributed by atoms with Crippen LogP contribution in [0.4, 0.5) is 0 Å². The molecular weight excluding hydrogens is 170 g/mol. The van der Waals surface area contributed by atoms with E-state index in [9.17, 15) is 9.59 Å². The van der Waals surface area contributed by atoms with Gasteiger partial charge in [-0.1, -0.05) is 6.92 Å². The summed E-state index contributed by atoms with van der Waals surface area (Å²) in [6.07, 6.45) is 1.16. The van der Waals surface area contributed by atoms with Crippen LogP contribution in [0.1, 0.15) is 19.8 Å². The van der Waals surface area contributed by atoms with Gasteiger partial charge in [0, 0.05) is 18.9 Å². The fraction of sp³-hybridized carbons (Fsp3) is 0.778. The van der Waals surface area contributed by atoms with Crippen molar-refractivity contribution in [2.45, 2.75) is 19.8 Å². The van der Waals surface area contributed by atoms with Crippen molar-refractivity contribution in [2.24, 2.45) is 11.8 Å². The molecule has 0 radical (unpaired) electrons. The Bertz CT molecular complexity index is 215. The Balaban J connectivity index is 2.42. The summed E-state index contributed by atoms with van der Waals surface area (Å²) in [6.45, 7) is 2.64. The zero-order valence-corrected chi connectivity index (χ0v) is 8.00. The fourth-order valence-corrected chi connectivity index (χ4v) is 1.64. The monoisotopic (exact) mass is 185 g/mol. The summed E-state index contributed by atoms with van der Waals surface area (Å²) in [4.78, 5) is 22.2. The van der Waals surface area contributed by atoms with Gasteiger partial charge in [-0.25, -0.2) is 0 Å². The lowest BCUT2D eigenvalue weighted by Crippen LogP contribution is -2.25. The molecule has 2 unspecified atom stereocenters. The molecule has 0 aromatic heterocycles. The van der Waals surface area contributed by atoms with E-state index < -0.39 is 0 Å². The van der Waals surface area contributed by atoms with Gasteiger partial charge in [0.1, 0.15) is 0 Å². The van der Waals surface area contributed by atoms with Gasteiger partial charge >= 0.3 is 5.97 Å². The summed E-state index contributed by atoms with van der Waals surface area (Å²) in [6, 6.07) is 0. The van der Waals surface area contributed by atoms with Crippen molar-refractivity contribution in [1.82, 2.24) is 5.32 Å². The van der Waals surface area contributed by atoms with Gasteiger partial charge in [-0.05, 0) is 12.3 Å². The molecule has 0 spiro atoms. The molecule has 1 rings (SSSR count). The van der Waals surface area contributed by atoms with E-state index in [4.69, 9.17) is 0 Å². The molecular formula is C9H15NO3. The zero-order chi connectivity index (χ0) is 9.84. The maximum Gasteiger partial charge on any atom is 0.305 e. The third kappa shape index (κ3) is 2.44. The Morgan fingerprint density at radius 1 is 1.77 bits per heavy atom. The van der Waals surface area contributed by atoms with E-state index in [1.165, 1.54) is 7.11 Å². The maximum absolute atomic E-state index is 11.2. The van der Waals surface area contributed by atoms with E-state index >= 15 is 0 Å². The van der Waals surface area contributed by atoms with Gasteiger partial charge in [0.25, 0.3) is 0 Å². The molecule has 74 valence electrons. The van der Waals surface area contributed by atoms with Gasteiger partial charge in [0.15, 0.2) is 0 Å². The number of ether oxygens (including phenoxy) is 1. The first-order chi connectivity index (χ1) is 6.15. The normalized spacial score (nSPS) is 23.8. The third-order valence-electron chi connectivity index (χ3n) is 2.49. The molecule has 0 bridgehead atoms. The van der Waals surface area contributed by atoms with E-state index in [0.29, 0.717) is 6.42 Å². The van der Waals surface area contributed by atoms with Gasteiger partial charge < -0.3 is 10.1 Å². The Kier molecular flexibility index (Phi) is 3.28. The lowest BCUT2D eigenvalue weighted by molar-refractivity contribution is -0.142. The smallest absolute Gasteiger partial charge is 0.305 e. The predicted octanol–water partition coefficient (Wildman–Crippen LogP) is 0.322. The van der Waals surface area contributed by atoms with Crippen LogP contribution >= 0.6 is 0 Å². The highest BCUT2D eigenvalue weighted by Crippen LogP contribution is 2.22. The molecule has 2 atom stereocenters. The predicted molar refractivity (Wildman–Crippen MR) is 46.9 cm³/mol. The van der Waals surface area contributed by atoms with Crippen LogP contribution in [0.25, 0.3) is 0 Å². The molecule has 1 heterocycles. The van der Waals surface area contributed by atoms with Gasteiger partial charge in [0.2, 0.25) is 5.91 Å². The highest BCUT2D eigenvalue weighted by molar-refractivity contribution is 5.81. The van der Waals surface area contributed by atoms with E-state index in [-0.39, 0.29) is 23.7 Å². The van der Waals surface area contributed by atoms with Crippen molar-refractivity contribution in [3.8, 4) is 0 Å². The highest BCUT2D eigenvalue weighted by Gasteiger charge is 2.30. The average molecular weight is 185 g/mol. The molecule has 1 amide bonds. The first-order valence-corrected chi connectivity index (χ1v) is 4.49. The SMILES string of the molecule is COC(=O)CC(C)C1CCNC1=O. The Morgan fingerprint density at radius 3 is 2.92 bits per heavy atom. The summed E-state index contributed by atoms with van der Waals surface area (Å²) in [5.41, 5.74) is 0. The quantitative estimate of drug-likeness (QED) is 0.644. The number of nitrogens with one attached hydrogen (secondary N) is 1. The molecule has 0 aromatic carbocycles. The van der Waals surface area contributed by atoms with E-state index in [2.05, 4.69) is 10.1 Å². The Labute approximate surface area is 77.6 Å². The fourth-order valence-electron chi connectivity index (χ4n) is 1.64. The second-order valence-electron chi connectivity index (χ2n) is 3.44. The highest BCUT2D eigenvalue weighted by atomic mass is 16.5. The largest absolute Gasteiger partial charge is 0.469 e. The van der Waals surface area contributed by atoms with Gasteiger partial charge in [-0.2, -0.15) is 0 Å². The third-order valence-corrected chi connectivity index (χ3v) is 2.49. The maximum atomic E-state index is 11.2. The molecule has 0 saturated carbocycles. The Morgan fingerprint density at radius 2 is 2.46 bits per heavy atom. The second-order valence-corrected chi connectivity index (χ2v) is 3.44. The average Bonchev–Trinajstić information content (AvgIpc) is 2.51. The molecule has 13 heavy (non-hydrogen) atoms. The van der Waals surface area contributed by atoms with E-state index in [1.807, 2.05) is 6.92 Å². The summed E-state index contributed by atoms with van der Waals surface area (Å²) >= 11 is 0. The van der Waals surface area contributed by atoms with Crippen LogP contribution < -0.4 is 5.32 Å². The first kappa shape index (κ1) is 10.0. The molecule has 1 aliphatic heterocycles. The number of amides is 1. The molecule has 1 saturated heterocycles. The number of carbonyl (C=O) groups excluding carboxylic acids is 2. The molecule has 1 N–H and O–H groups in total. The van der Waals surface area contributed by atoms with Crippen LogP contribution in [0, 0.1) is 11.8 Å². The van der Waals surface area contributed by atoms with Gasteiger partial charge in [-0.3, -0.25) is 9.59 Å².